The van der Waals surface area contributed by atoms with Gasteiger partial charge in [0.15, 0.2) is 0 Å². The van der Waals surface area contributed by atoms with Gasteiger partial charge in [0.25, 0.3) is 0 Å². The van der Waals surface area contributed by atoms with Crippen molar-refractivity contribution in [2.45, 2.75) is 46.6 Å². The van der Waals surface area contributed by atoms with Gasteiger partial charge in [0.2, 0.25) is 0 Å². The zero-order chi connectivity index (χ0) is 11.7. The summed E-state index contributed by atoms with van der Waals surface area (Å²) in [5.74, 6) is 0.759. The molecule has 2 rings (SSSR count). The first-order valence-corrected chi connectivity index (χ1v) is 6.40. The summed E-state index contributed by atoms with van der Waals surface area (Å²) < 4.78 is 0. The van der Waals surface area contributed by atoms with Crippen LogP contribution in [-0.2, 0) is 0 Å². The Morgan fingerprint density at radius 2 is 1.75 bits per heavy atom. The van der Waals surface area contributed by atoms with Gasteiger partial charge in [-0.2, -0.15) is 0 Å². The smallest absolute Gasteiger partial charge is 0.0348 e. The van der Waals surface area contributed by atoms with Crippen LogP contribution in [0.3, 0.4) is 0 Å². The third kappa shape index (κ3) is 2.15. The number of benzene rings is 1. The first kappa shape index (κ1) is 11.7. The van der Waals surface area contributed by atoms with Gasteiger partial charge in [-0.1, -0.05) is 19.1 Å². The average molecular weight is 217 g/mol. The fourth-order valence-electron chi connectivity index (χ4n) is 2.78. The van der Waals surface area contributed by atoms with Crippen LogP contribution in [0.2, 0.25) is 0 Å². The van der Waals surface area contributed by atoms with E-state index in [1.165, 1.54) is 41.6 Å². The fraction of sp³-hybridized carbons (Fsp3) is 0.600. The summed E-state index contributed by atoms with van der Waals surface area (Å²) in [6.07, 6.45) is 2.67. The Bertz CT molecular complexity index is 381. The largest absolute Gasteiger partial charge is 0.310 e. The maximum Gasteiger partial charge on any atom is 0.0348 e. The molecule has 1 aliphatic heterocycles. The zero-order valence-corrected chi connectivity index (χ0v) is 10.9. The van der Waals surface area contributed by atoms with E-state index in [1.54, 1.807) is 0 Å². The summed E-state index contributed by atoms with van der Waals surface area (Å²) >= 11 is 0. The van der Waals surface area contributed by atoms with Gasteiger partial charge in [-0.25, -0.2) is 0 Å². The second kappa shape index (κ2) is 4.58. The Morgan fingerprint density at radius 1 is 1.06 bits per heavy atom. The molecule has 1 nitrogen and oxygen atoms in total. The minimum atomic E-state index is 0.563. The molecule has 1 heteroatoms. The van der Waals surface area contributed by atoms with E-state index in [9.17, 15) is 0 Å². The molecule has 0 aromatic heterocycles. The molecular formula is C15H23N. The molecule has 1 N–H and O–H groups in total. The highest BCUT2D eigenvalue weighted by Gasteiger charge is 2.23. The van der Waals surface area contributed by atoms with E-state index < -0.39 is 0 Å². The van der Waals surface area contributed by atoms with Crippen LogP contribution >= 0.6 is 0 Å². The van der Waals surface area contributed by atoms with Crippen molar-refractivity contribution in [1.82, 2.24) is 5.32 Å². The van der Waals surface area contributed by atoms with Crippen LogP contribution in [0, 0.1) is 26.7 Å². The molecule has 0 spiro atoms. The van der Waals surface area contributed by atoms with E-state index in [2.05, 4.69) is 45.1 Å². The lowest BCUT2D eigenvalue weighted by atomic mass is 9.84. The minimum Gasteiger partial charge on any atom is -0.310 e. The minimum absolute atomic E-state index is 0.563. The second-order valence-corrected chi connectivity index (χ2v) is 5.34. The molecule has 2 atom stereocenters. The highest BCUT2D eigenvalue weighted by atomic mass is 14.9. The monoisotopic (exact) mass is 217 g/mol. The van der Waals surface area contributed by atoms with Crippen molar-refractivity contribution in [3.8, 4) is 0 Å². The lowest BCUT2D eigenvalue weighted by molar-refractivity contribution is 0.305. The molecule has 16 heavy (non-hydrogen) atoms. The van der Waals surface area contributed by atoms with Gasteiger partial charge in [0.05, 0.1) is 0 Å². The number of hydrogen-bond acceptors (Lipinski definition) is 1. The highest BCUT2D eigenvalue weighted by molar-refractivity contribution is 5.38. The van der Waals surface area contributed by atoms with Crippen LogP contribution in [-0.4, -0.2) is 6.54 Å². The van der Waals surface area contributed by atoms with Gasteiger partial charge < -0.3 is 5.32 Å². The number of hydrogen-bond donors (Lipinski definition) is 1. The van der Waals surface area contributed by atoms with E-state index in [0.717, 1.165) is 5.92 Å². The Morgan fingerprint density at radius 3 is 2.44 bits per heavy atom. The standard InChI is InChI=1S/C15H23N/c1-10-6-5-7-16-15(10)14-9-12(3)11(2)8-13(14)4/h8-10,15-16H,5-7H2,1-4H3. The first-order chi connectivity index (χ1) is 7.59. The fourth-order valence-corrected chi connectivity index (χ4v) is 2.78. The van der Waals surface area contributed by atoms with Gasteiger partial charge >= 0.3 is 0 Å². The second-order valence-electron chi connectivity index (χ2n) is 5.34. The number of nitrogens with one attached hydrogen (secondary N) is 1. The van der Waals surface area contributed by atoms with E-state index in [1.807, 2.05) is 0 Å². The molecule has 0 radical (unpaired) electrons. The highest BCUT2D eigenvalue weighted by Crippen LogP contribution is 2.31. The van der Waals surface area contributed by atoms with Crippen molar-refractivity contribution in [2.24, 2.45) is 5.92 Å². The third-order valence-corrected chi connectivity index (χ3v) is 3.99. The summed E-state index contributed by atoms with van der Waals surface area (Å²) in [6, 6.07) is 5.27. The van der Waals surface area contributed by atoms with Crippen molar-refractivity contribution in [1.29, 1.82) is 0 Å². The van der Waals surface area contributed by atoms with Gasteiger partial charge in [-0.3, -0.25) is 0 Å². The van der Waals surface area contributed by atoms with Crippen molar-refractivity contribution < 1.29 is 0 Å². The predicted octanol–water partition coefficient (Wildman–Crippen LogP) is 3.67. The van der Waals surface area contributed by atoms with E-state index in [0.29, 0.717) is 6.04 Å². The molecule has 1 aliphatic rings. The summed E-state index contributed by atoms with van der Waals surface area (Å²) in [4.78, 5) is 0. The van der Waals surface area contributed by atoms with E-state index in [4.69, 9.17) is 0 Å². The van der Waals surface area contributed by atoms with Crippen LogP contribution in [0.25, 0.3) is 0 Å². The Labute approximate surface area is 99.3 Å². The molecule has 0 bridgehead atoms. The van der Waals surface area contributed by atoms with Gasteiger partial charge in [0.1, 0.15) is 0 Å². The molecule has 0 saturated carbocycles. The number of rotatable bonds is 1. The third-order valence-electron chi connectivity index (χ3n) is 3.99. The number of aryl methyl sites for hydroxylation is 3. The van der Waals surface area contributed by atoms with Gasteiger partial charge in [-0.15, -0.1) is 0 Å². The molecule has 1 fully saturated rings. The van der Waals surface area contributed by atoms with E-state index >= 15 is 0 Å². The summed E-state index contributed by atoms with van der Waals surface area (Å²) in [5, 5.41) is 3.67. The van der Waals surface area contributed by atoms with Crippen molar-refractivity contribution >= 4 is 0 Å². The molecule has 2 unspecified atom stereocenters. The molecule has 1 heterocycles. The first-order valence-electron chi connectivity index (χ1n) is 6.40. The normalized spacial score (nSPS) is 25.8. The van der Waals surface area contributed by atoms with Crippen LogP contribution in [0.1, 0.15) is 48.1 Å². The maximum absolute atomic E-state index is 3.67. The average Bonchev–Trinajstić information content (AvgIpc) is 2.25. The topological polar surface area (TPSA) is 12.0 Å². The van der Waals surface area contributed by atoms with Gasteiger partial charge in [-0.05, 0) is 68.3 Å². The van der Waals surface area contributed by atoms with Crippen LogP contribution < -0.4 is 5.32 Å². The van der Waals surface area contributed by atoms with E-state index in [-0.39, 0.29) is 0 Å². The lowest BCUT2D eigenvalue weighted by Gasteiger charge is -2.32. The van der Waals surface area contributed by atoms with Crippen molar-refractivity contribution in [2.75, 3.05) is 6.54 Å². The quantitative estimate of drug-likeness (QED) is 0.757. The van der Waals surface area contributed by atoms with Crippen LogP contribution in [0.5, 0.6) is 0 Å². The Balaban J connectivity index is 2.35. The van der Waals surface area contributed by atoms with Gasteiger partial charge in [0, 0.05) is 6.04 Å². The lowest BCUT2D eigenvalue weighted by Crippen LogP contribution is -2.33. The predicted molar refractivity (Wildman–Crippen MR) is 69.8 cm³/mol. The Kier molecular flexibility index (Phi) is 3.34. The summed E-state index contributed by atoms with van der Waals surface area (Å²) in [6.45, 7) is 10.2. The van der Waals surface area contributed by atoms with Crippen molar-refractivity contribution in [3.05, 3.63) is 34.4 Å². The van der Waals surface area contributed by atoms with Crippen molar-refractivity contribution in [3.63, 3.8) is 0 Å². The van der Waals surface area contributed by atoms with Crippen LogP contribution in [0.15, 0.2) is 12.1 Å². The van der Waals surface area contributed by atoms with Crippen LogP contribution in [0.4, 0.5) is 0 Å². The molecule has 88 valence electrons. The molecule has 1 aromatic rings. The Hall–Kier alpha value is -0.820. The molecule has 0 aliphatic carbocycles. The SMILES string of the molecule is Cc1cc(C)c(C2NCCCC2C)cc1C. The maximum atomic E-state index is 3.67. The zero-order valence-electron chi connectivity index (χ0n) is 10.9. The molecule has 0 amide bonds. The molecule has 1 saturated heterocycles. The summed E-state index contributed by atoms with van der Waals surface area (Å²) in [5.41, 5.74) is 5.77. The number of piperidine rings is 1. The molecule has 1 aromatic carbocycles. The summed E-state index contributed by atoms with van der Waals surface area (Å²) in [7, 11) is 0. The molecular weight excluding hydrogens is 194 g/mol.